The largest absolute Gasteiger partial charge is 0.490 e. The molecular formula is C12H18ClN3O3. The first-order chi connectivity index (χ1) is 9.26. The van der Waals surface area contributed by atoms with E-state index < -0.39 is 0 Å². The molecule has 1 saturated heterocycles. The highest BCUT2D eigenvalue weighted by atomic mass is 35.5. The molecule has 6 nitrogen and oxygen atoms in total. The van der Waals surface area contributed by atoms with Gasteiger partial charge in [-0.3, -0.25) is 0 Å². The number of ether oxygens (including phenoxy) is 3. The van der Waals surface area contributed by atoms with Crippen LogP contribution in [-0.4, -0.2) is 57.1 Å². The fourth-order valence-corrected chi connectivity index (χ4v) is 2.18. The molecule has 0 amide bonds. The smallest absolute Gasteiger partial charge is 0.199 e. The molecule has 106 valence electrons. The van der Waals surface area contributed by atoms with E-state index in [1.54, 1.807) is 14.2 Å². The maximum Gasteiger partial charge on any atom is 0.199 e. The summed E-state index contributed by atoms with van der Waals surface area (Å²) in [7, 11) is 3.22. The summed E-state index contributed by atoms with van der Waals surface area (Å²) in [6, 6.07) is 0. The zero-order chi connectivity index (χ0) is 13.7. The van der Waals surface area contributed by atoms with Crippen molar-refractivity contribution in [3.8, 4) is 5.75 Å². The zero-order valence-corrected chi connectivity index (χ0v) is 11.9. The van der Waals surface area contributed by atoms with E-state index in [4.69, 9.17) is 25.8 Å². The van der Waals surface area contributed by atoms with Crippen LogP contribution >= 0.6 is 11.6 Å². The van der Waals surface area contributed by atoms with Crippen LogP contribution in [0.2, 0.25) is 5.15 Å². The van der Waals surface area contributed by atoms with Crippen LogP contribution in [0.25, 0.3) is 0 Å². The van der Waals surface area contributed by atoms with Gasteiger partial charge in [0.1, 0.15) is 5.82 Å². The van der Waals surface area contributed by atoms with Crippen molar-refractivity contribution in [2.75, 3.05) is 52.0 Å². The van der Waals surface area contributed by atoms with Crippen LogP contribution in [0.5, 0.6) is 5.75 Å². The molecule has 1 aliphatic rings. The molecule has 7 heteroatoms. The van der Waals surface area contributed by atoms with Crippen molar-refractivity contribution in [3.05, 3.63) is 11.0 Å². The average molecular weight is 288 g/mol. The molecule has 0 unspecified atom stereocenters. The summed E-state index contributed by atoms with van der Waals surface area (Å²) in [5.74, 6) is 1.91. The Morgan fingerprint density at radius 1 is 1.26 bits per heavy atom. The maximum atomic E-state index is 6.16. The van der Waals surface area contributed by atoms with E-state index in [0.29, 0.717) is 43.0 Å². The minimum atomic E-state index is 0.338. The molecule has 2 heterocycles. The molecule has 0 bridgehead atoms. The second-order valence-electron chi connectivity index (χ2n) is 4.13. The van der Waals surface area contributed by atoms with Crippen LogP contribution in [-0.2, 0) is 15.9 Å². The van der Waals surface area contributed by atoms with E-state index in [-0.39, 0.29) is 0 Å². The summed E-state index contributed by atoms with van der Waals surface area (Å²) in [4.78, 5) is 10.9. The van der Waals surface area contributed by atoms with Gasteiger partial charge in [-0.15, -0.1) is 0 Å². The number of halogens is 1. The molecule has 1 aromatic rings. The molecule has 0 spiro atoms. The molecule has 1 aliphatic heterocycles. The van der Waals surface area contributed by atoms with E-state index in [9.17, 15) is 0 Å². The Morgan fingerprint density at radius 3 is 2.63 bits per heavy atom. The van der Waals surface area contributed by atoms with E-state index in [1.807, 2.05) is 0 Å². The lowest BCUT2D eigenvalue weighted by Crippen LogP contribution is -2.37. The van der Waals surface area contributed by atoms with Gasteiger partial charge in [0.25, 0.3) is 0 Å². The summed E-state index contributed by atoms with van der Waals surface area (Å²) in [6.07, 6.45) is 0.623. The fourth-order valence-electron chi connectivity index (χ4n) is 1.92. The topological polar surface area (TPSA) is 56.7 Å². The summed E-state index contributed by atoms with van der Waals surface area (Å²) in [5, 5.41) is 0.338. The van der Waals surface area contributed by atoms with Gasteiger partial charge in [0.05, 0.1) is 26.9 Å². The molecule has 0 radical (unpaired) electrons. The molecule has 0 aliphatic carbocycles. The third kappa shape index (κ3) is 3.46. The lowest BCUT2D eigenvalue weighted by molar-refractivity contribution is 0.122. The van der Waals surface area contributed by atoms with Crippen LogP contribution in [0.1, 0.15) is 5.82 Å². The van der Waals surface area contributed by atoms with Crippen LogP contribution < -0.4 is 9.64 Å². The van der Waals surface area contributed by atoms with Crippen molar-refractivity contribution in [1.82, 2.24) is 9.97 Å². The highest BCUT2D eigenvalue weighted by Gasteiger charge is 2.21. The number of methoxy groups -OCH3 is 2. The highest BCUT2D eigenvalue weighted by molar-refractivity contribution is 6.31. The van der Waals surface area contributed by atoms with Crippen molar-refractivity contribution < 1.29 is 14.2 Å². The molecule has 1 fully saturated rings. The van der Waals surface area contributed by atoms with E-state index in [2.05, 4.69) is 14.9 Å². The SMILES string of the molecule is COCCc1nc(Cl)c(OC)c(N2CCOCC2)n1. The first kappa shape index (κ1) is 14.3. The third-order valence-electron chi connectivity index (χ3n) is 2.90. The summed E-state index contributed by atoms with van der Waals surface area (Å²) in [5.41, 5.74) is 0. The second-order valence-corrected chi connectivity index (χ2v) is 4.49. The predicted octanol–water partition coefficient (Wildman–Crippen LogP) is 1.16. The maximum absolute atomic E-state index is 6.16. The van der Waals surface area contributed by atoms with Crippen LogP contribution in [0, 0.1) is 0 Å². The lowest BCUT2D eigenvalue weighted by Gasteiger charge is -2.29. The Hall–Kier alpha value is -1.11. The van der Waals surface area contributed by atoms with Gasteiger partial charge >= 0.3 is 0 Å². The Labute approximate surface area is 117 Å². The fraction of sp³-hybridized carbons (Fsp3) is 0.667. The van der Waals surface area contributed by atoms with Gasteiger partial charge in [-0.1, -0.05) is 11.6 Å². The number of aromatic nitrogens is 2. The summed E-state index contributed by atoms with van der Waals surface area (Å²) in [6.45, 7) is 3.46. The molecule has 2 rings (SSSR count). The quantitative estimate of drug-likeness (QED) is 0.758. The molecule has 19 heavy (non-hydrogen) atoms. The monoisotopic (exact) mass is 287 g/mol. The van der Waals surface area contributed by atoms with Crippen molar-refractivity contribution >= 4 is 17.4 Å². The number of hydrogen-bond acceptors (Lipinski definition) is 6. The normalized spacial score (nSPS) is 15.6. The molecule has 0 N–H and O–H groups in total. The molecule has 1 aromatic heterocycles. The minimum Gasteiger partial charge on any atom is -0.490 e. The predicted molar refractivity (Wildman–Crippen MR) is 72.2 cm³/mol. The Bertz CT molecular complexity index is 425. The number of hydrogen-bond donors (Lipinski definition) is 0. The highest BCUT2D eigenvalue weighted by Crippen LogP contribution is 2.32. The van der Waals surface area contributed by atoms with E-state index in [0.717, 1.165) is 18.9 Å². The van der Waals surface area contributed by atoms with Gasteiger partial charge in [-0.2, -0.15) is 0 Å². The minimum absolute atomic E-state index is 0.338. The van der Waals surface area contributed by atoms with Crippen molar-refractivity contribution in [2.24, 2.45) is 0 Å². The van der Waals surface area contributed by atoms with Gasteiger partial charge in [0.15, 0.2) is 16.7 Å². The number of nitrogens with zero attached hydrogens (tertiary/aromatic N) is 3. The standard InChI is InChI=1S/C12H18ClN3O3/c1-17-6-3-9-14-11(13)10(18-2)12(15-9)16-4-7-19-8-5-16/h3-8H2,1-2H3. The van der Waals surface area contributed by atoms with Crippen molar-refractivity contribution in [3.63, 3.8) is 0 Å². The number of morpholine rings is 1. The Morgan fingerprint density at radius 2 is 2.00 bits per heavy atom. The molecule has 0 atom stereocenters. The van der Waals surface area contributed by atoms with Crippen molar-refractivity contribution in [2.45, 2.75) is 6.42 Å². The third-order valence-corrected chi connectivity index (χ3v) is 3.15. The van der Waals surface area contributed by atoms with Gasteiger partial charge < -0.3 is 19.1 Å². The zero-order valence-electron chi connectivity index (χ0n) is 11.2. The van der Waals surface area contributed by atoms with Gasteiger partial charge in [0.2, 0.25) is 0 Å². The molecular weight excluding hydrogens is 270 g/mol. The van der Waals surface area contributed by atoms with Gasteiger partial charge in [0, 0.05) is 26.6 Å². The van der Waals surface area contributed by atoms with E-state index in [1.165, 1.54) is 0 Å². The first-order valence-electron chi connectivity index (χ1n) is 6.18. The van der Waals surface area contributed by atoms with Crippen LogP contribution in [0.3, 0.4) is 0 Å². The Balaban J connectivity index is 2.28. The van der Waals surface area contributed by atoms with E-state index >= 15 is 0 Å². The van der Waals surface area contributed by atoms with Crippen LogP contribution in [0.4, 0.5) is 5.82 Å². The van der Waals surface area contributed by atoms with Crippen LogP contribution in [0.15, 0.2) is 0 Å². The molecule has 0 aromatic carbocycles. The second kappa shape index (κ2) is 6.88. The van der Waals surface area contributed by atoms with Crippen molar-refractivity contribution in [1.29, 1.82) is 0 Å². The lowest BCUT2D eigenvalue weighted by atomic mass is 10.3. The summed E-state index contributed by atoms with van der Waals surface area (Å²) < 4.78 is 15.7. The molecule has 0 saturated carbocycles. The van der Waals surface area contributed by atoms with Gasteiger partial charge in [-0.05, 0) is 0 Å². The first-order valence-corrected chi connectivity index (χ1v) is 6.56. The average Bonchev–Trinajstić information content (AvgIpc) is 2.45. The number of rotatable bonds is 5. The van der Waals surface area contributed by atoms with Gasteiger partial charge in [-0.25, -0.2) is 9.97 Å². The summed E-state index contributed by atoms with van der Waals surface area (Å²) >= 11 is 6.16. The Kier molecular flexibility index (Phi) is 5.18. The number of anilines is 1.